The number of amides is 2. The van der Waals surface area contributed by atoms with Gasteiger partial charge in [0, 0.05) is 26.2 Å². The molecule has 0 bridgehead atoms. The van der Waals surface area contributed by atoms with Crippen LogP contribution >= 0.6 is 0 Å². The molecule has 20 heavy (non-hydrogen) atoms. The molecule has 1 heterocycles. The van der Waals surface area contributed by atoms with Crippen LogP contribution in [0.5, 0.6) is 0 Å². The summed E-state index contributed by atoms with van der Waals surface area (Å²) >= 11 is 0. The van der Waals surface area contributed by atoms with Crippen molar-refractivity contribution in [2.24, 2.45) is 0 Å². The molecule has 0 spiro atoms. The third-order valence-corrected chi connectivity index (χ3v) is 3.20. The number of carbonyl (C=O) groups is 2. The molecular weight excluding hydrogens is 258 g/mol. The number of rotatable bonds is 6. The Balaban J connectivity index is 1.83. The van der Waals surface area contributed by atoms with Gasteiger partial charge in [0.25, 0.3) is 5.91 Å². The van der Waals surface area contributed by atoms with Gasteiger partial charge in [-0.15, -0.1) is 0 Å². The number of para-hydroxylation sites is 1. The lowest BCUT2D eigenvalue weighted by Crippen LogP contribution is -2.41. The van der Waals surface area contributed by atoms with Crippen LogP contribution in [0.2, 0.25) is 0 Å². The first-order chi connectivity index (χ1) is 9.81. The molecule has 0 unspecified atom stereocenters. The van der Waals surface area contributed by atoms with Crippen LogP contribution < -0.4 is 10.6 Å². The molecule has 0 aliphatic carbocycles. The van der Waals surface area contributed by atoms with Gasteiger partial charge in [-0.2, -0.15) is 0 Å². The van der Waals surface area contributed by atoms with E-state index >= 15 is 0 Å². The molecule has 2 rings (SSSR count). The summed E-state index contributed by atoms with van der Waals surface area (Å²) < 4.78 is 5.27. The van der Waals surface area contributed by atoms with Crippen LogP contribution in [0.15, 0.2) is 24.3 Å². The van der Waals surface area contributed by atoms with Crippen LogP contribution in [-0.4, -0.2) is 56.6 Å². The van der Waals surface area contributed by atoms with Crippen LogP contribution in [0, 0.1) is 0 Å². The van der Waals surface area contributed by atoms with E-state index in [0.29, 0.717) is 24.2 Å². The van der Waals surface area contributed by atoms with Gasteiger partial charge in [-0.25, -0.2) is 0 Å². The summed E-state index contributed by atoms with van der Waals surface area (Å²) in [5.74, 6) is -0.178. The van der Waals surface area contributed by atoms with Gasteiger partial charge in [-0.3, -0.25) is 14.5 Å². The molecule has 1 aromatic carbocycles. The summed E-state index contributed by atoms with van der Waals surface area (Å²) in [6.45, 7) is 4.69. The second-order valence-corrected chi connectivity index (χ2v) is 4.52. The second kappa shape index (κ2) is 7.62. The van der Waals surface area contributed by atoms with Crippen LogP contribution in [0.1, 0.15) is 10.4 Å². The predicted octanol–water partition coefficient (Wildman–Crippen LogP) is 0.317. The van der Waals surface area contributed by atoms with E-state index < -0.39 is 0 Å². The van der Waals surface area contributed by atoms with Crippen molar-refractivity contribution in [2.75, 3.05) is 44.7 Å². The highest BCUT2D eigenvalue weighted by atomic mass is 16.5. The molecule has 1 saturated heterocycles. The number of ether oxygens (including phenoxy) is 1. The monoisotopic (exact) mass is 277 g/mol. The Labute approximate surface area is 118 Å². The Morgan fingerprint density at radius 3 is 2.80 bits per heavy atom. The largest absolute Gasteiger partial charge is 0.379 e. The zero-order valence-corrected chi connectivity index (χ0v) is 11.3. The molecule has 108 valence electrons. The molecule has 6 nitrogen and oxygen atoms in total. The first kappa shape index (κ1) is 14.5. The molecule has 0 radical (unpaired) electrons. The normalized spacial score (nSPS) is 15.6. The topological polar surface area (TPSA) is 70.7 Å². The second-order valence-electron chi connectivity index (χ2n) is 4.52. The van der Waals surface area contributed by atoms with E-state index in [-0.39, 0.29) is 5.91 Å². The number of hydrogen-bond donors (Lipinski definition) is 2. The van der Waals surface area contributed by atoms with E-state index in [0.717, 1.165) is 32.8 Å². The lowest BCUT2D eigenvalue weighted by atomic mass is 10.1. The standard InChI is InChI=1S/C14H19N3O3/c18-11-16-13-4-2-1-3-12(13)14(19)15-5-6-17-7-9-20-10-8-17/h1-4,11H,5-10H2,(H,15,19)(H,16,18). The van der Waals surface area contributed by atoms with E-state index in [1.165, 1.54) is 0 Å². The molecule has 1 aromatic rings. The van der Waals surface area contributed by atoms with Crippen LogP contribution in [0.25, 0.3) is 0 Å². The highest BCUT2D eigenvalue weighted by Crippen LogP contribution is 2.13. The van der Waals surface area contributed by atoms with Gasteiger partial charge in [-0.1, -0.05) is 12.1 Å². The molecule has 1 aliphatic heterocycles. The summed E-state index contributed by atoms with van der Waals surface area (Å²) in [6.07, 6.45) is 0.569. The molecular formula is C14H19N3O3. The van der Waals surface area contributed by atoms with Crippen molar-refractivity contribution in [3.63, 3.8) is 0 Å². The van der Waals surface area contributed by atoms with Crippen molar-refractivity contribution in [3.05, 3.63) is 29.8 Å². The minimum Gasteiger partial charge on any atom is -0.379 e. The average molecular weight is 277 g/mol. The van der Waals surface area contributed by atoms with Crippen LogP contribution in [-0.2, 0) is 9.53 Å². The van der Waals surface area contributed by atoms with Crippen LogP contribution in [0.3, 0.4) is 0 Å². The van der Waals surface area contributed by atoms with Crippen molar-refractivity contribution in [3.8, 4) is 0 Å². The summed E-state index contributed by atoms with van der Waals surface area (Å²) in [5.41, 5.74) is 0.993. The minimum absolute atomic E-state index is 0.178. The summed E-state index contributed by atoms with van der Waals surface area (Å²) in [7, 11) is 0. The maximum Gasteiger partial charge on any atom is 0.253 e. The molecule has 0 saturated carbocycles. The number of benzene rings is 1. The third kappa shape index (κ3) is 4.04. The number of hydrogen-bond acceptors (Lipinski definition) is 4. The molecule has 6 heteroatoms. The van der Waals surface area contributed by atoms with Crippen molar-refractivity contribution in [1.29, 1.82) is 0 Å². The average Bonchev–Trinajstić information content (AvgIpc) is 2.49. The highest BCUT2D eigenvalue weighted by molar-refractivity contribution is 6.01. The van der Waals surface area contributed by atoms with Crippen LogP contribution in [0.4, 0.5) is 5.69 Å². The SMILES string of the molecule is O=CNc1ccccc1C(=O)NCCN1CCOCC1. The molecule has 0 atom stereocenters. The van der Waals surface area contributed by atoms with Gasteiger partial charge in [-0.05, 0) is 12.1 Å². The van der Waals surface area contributed by atoms with Gasteiger partial charge < -0.3 is 15.4 Å². The van der Waals surface area contributed by atoms with Crippen molar-refractivity contribution in [1.82, 2.24) is 10.2 Å². The Bertz CT molecular complexity index is 459. The molecule has 2 amide bonds. The Hall–Kier alpha value is -1.92. The fourth-order valence-electron chi connectivity index (χ4n) is 2.12. The predicted molar refractivity (Wildman–Crippen MR) is 75.7 cm³/mol. The quantitative estimate of drug-likeness (QED) is 0.735. The fourth-order valence-corrected chi connectivity index (χ4v) is 2.12. The Morgan fingerprint density at radius 1 is 1.30 bits per heavy atom. The summed E-state index contributed by atoms with van der Waals surface area (Å²) in [5, 5.41) is 5.40. The van der Waals surface area contributed by atoms with Gasteiger partial charge in [0.15, 0.2) is 0 Å². The van der Waals surface area contributed by atoms with Gasteiger partial charge in [0.05, 0.1) is 24.5 Å². The number of carbonyl (C=O) groups excluding carboxylic acids is 2. The Morgan fingerprint density at radius 2 is 2.05 bits per heavy atom. The number of morpholine rings is 1. The van der Waals surface area contributed by atoms with E-state index in [2.05, 4.69) is 15.5 Å². The van der Waals surface area contributed by atoms with Gasteiger partial charge in [0.1, 0.15) is 0 Å². The molecule has 0 aromatic heterocycles. The van der Waals surface area contributed by atoms with E-state index in [4.69, 9.17) is 4.74 Å². The fraction of sp³-hybridized carbons (Fsp3) is 0.429. The number of nitrogens with zero attached hydrogens (tertiary/aromatic N) is 1. The third-order valence-electron chi connectivity index (χ3n) is 3.20. The van der Waals surface area contributed by atoms with E-state index in [1.807, 2.05) is 0 Å². The highest BCUT2D eigenvalue weighted by Gasteiger charge is 2.12. The van der Waals surface area contributed by atoms with Gasteiger partial charge in [0.2, 0.25) is 6.41 Å². The number of nitrogens with one attached hydrogen (secondary N) is 2. The Kier molecular flexibility index (Phi) is 5.52. The van der Waals surface area contributed by atoms with E-state index in [9.17, 15) is 9.59 Å². The molecule has 1 aliphatic rings. The summed E-state index contributed by atoms with van der Waals surface area (Å²) in [6, 6.07) is 6.93. The molecule has 2 N–H and O–H groups in total. The maximum atomic E-state index is 12.1. The maximum absolute atomic E-state index is 12.1. The number of anilines is 1. The molecule has 1 fully saturated rings. The van der Waals surface area contributed by atoms with E-state index in [1.54, 1.807) is 24.3 Å². The minimum atomic E-state index is -0.178. The van der Waals surface area contributed by atoms with Crippen molar-refractivity contribution < 1.29 is 14.3 Å². The van der Waals surface area contributed by atoms with Crippen molar-refractivity contribution >= 4 is 18.0 Å². The first-order valence-electron chi connectivity index (χ1n) is 6.69. The summed E-state index contributed by atoms with van der Waals surface area (Å²) in [4.78, 5) is 24.8. The smallest absolute Gasteiger partial charge is 0.253 e. The zero-order valence-electron chi connectivity index (χ0n) is 11.3. The lowest BCUT2D eigenvalue weighted by molar-refractivity contribution is -0.105. The van der Waals surface area contributed by atoms with Gasteiger partial charge >= 0.3 is 0 Å². The zero-order chi connectivity index (χ0) is 14.2. The lowest BCUT2D eigenvalue weighted by Gasteiger charge is -2.26. The van der Waals surface area contributed by atoms with Crippen molar-refractivity contribution in [2.45, 2.75) is 0 Å². The first-order valence-corrected chi connectivity index (χ1v) is 6.69.